The molecule has 2 aromatic heterocycles. The Kier molecular flexibility index (Phi) is 17.2. The van der Waals surface area contributed by atoms with E-state index in [2.05, 4.69) is 129 Å². The van der Waals surface area contributed by atoms with E-state index in [0.29, 0.717) is 41.7 Å². The Morgan fingerprint density at radius 1 is 0.577 bits per heavy atom. The van der Waals surface area contributed by atoms with Gasteiger partial charge in [0.1, 0.15) is 47.4 Å². The minimum absolute atomic E-state index is 0.417. The van der Waals surface area contributed by atoms with Gasteiger partial charge >= 0.3 is 0 Å². The number of rotatable bonds is 15. The molecule has 2 amide bonds. The number of aromatic nitrogens is 4. The first-order valence-electron chi connectivity index (χ1n) is 24.4. The zero-order chi connectivity index (χ0) is 49.5. The van der Waals surface area contributed by atoms with Gasteiger partial charge < -0.3 is 46.0 Å². The molecule has 0 bridgehead atoms. The lowest BCUT2D eigenvalue weighted by Crippen LogP contribution is -2.47. The van der Waals surface area contributed by atoms with Gasteiger partial charge in [-0.25, -0.2) is 9.97 Å². The highest BCUT2D eigenvalue weighted by atomic mass is 35.5. The number of anilines is 2. The normalized spacial score (nSPS) is 13.8. The zero-order valence-electron chi connectivity index (χ0n) is 40.5. The minimum atomic E-state index is -0.462. The van der Waals surface area contributed by atoms with Crippen LogP contribution in [0.4, 0.5) is 11.4 Å². The maximum Gasteiger partial charge on any atom is 0.248 e. The molecule has 0 aliphatic carbocycles. The van der Waals surface area contributed by atoms with Crippen LogP contribution >= 0.6 is 11.6 Å². The number of imidazole rings is 2. The molecule has 0 spiro atoms. The second-order valence-corrected chi connectivity index (χ2v) is 17.7. The van der Waals surface area contributed by atoms with Crippen molar-refractivity contribution in [3.8, 4) is 34.3 Å². The van der Waals surface area contributed by atoms with E-state index in [4.69, 9.17) is 42.5 Å². The lowest BCUT2D eigenvalue weighted by molar-refractivity contribution is 0.0991. The number of ether oxygens (including phenoxy) is 2. The molecule has 8 aromatic rings. The van der Waals surface area contributed by atoms with Crippen LogP contribution in [0.15, 0.2) is 133 Å². The van der Waals surface area contributed by atoms with Crippen molar-refractivity contribution in [3.05, 3.63) is 156 Å². The molecule has 10 rings (SSSR count). The molecule has 71 heavy (non-hydrogen) atoms. The Morgan fingerprint density at radius 3 is 1.48 bits per heavy atom. The lowest BCUT2D eigenvalue weighted by Gasteiger charge is -2.36. The van der Waals surface area contributed by atoms with Crippen molar-refractivity contribution in [2.24, 2.45) is 11.5 Å². The molecule has 14 nitrogen and oxygen atoms in total. The van der Waals surface area contributed by atoms with E-state index in [1.54, 1.807) is 42.5 Å². The summed E-state index contributed by atoms with van der Waals surface area (Å²) in [7, 11) is 0. The van der Waals surface area contributed by atoms with Crippen LogP contribution in [-0.2, 0) is 12.8 Å². The van der Waals surface area contributed by atoms with E-state index < -0.39 is 11.8 Å². The maximum atomic E-state index is 11.3. The monoisotopic (exact) mass is 974 g/mol. The number of nitrogens with one attached hydrogen (secondary N) is 3. The number of primary amides is 2. The molecule has 0 saturated carbocycles. The van der Waals surface area contributed by atoms with Crippen molar-refractivity contribution in [1.82, 2.24) is 30.2 Å². The molecule has 6 aromatic carbocycles. The number of fused-ring (bicyclic) bond motifs is 2. The summed E-state index contributed by atoms with van der Waals surface area (Å²) in [5.41, 5.74) is 22.9. The number of carbonyl (C=O) groups excluding carboxylic acids is 2. The van der Waals surface area contributed by atoms with E-state index in [1.165, 1.54) is 22.5 Å². The molecule has 2 fully saturated rings. The van der Waals surface area contributed by atoms with E-state index in [1.807, 2.05) is 6.07 Å². The van der Waals surface area contributed by atoms with Crippen LogP contribution in [0.25, 0.3) is 44.8 Å². The highest BCUT2D eigenvalue weighted by Gasteiger charge is 2.21. The Morgan fingerprint density at radius 2 is 1.03 bits per heavy atom. The summed E-state index contributed by atoms with van der Waals surface area (Å²) >= 11 is 5.44. The Hall–Kier alpha value is -7.39. The summed E-state index contributed by atoms with van der Waals surface area (Å²) in [6, 6.07) is 43.7. The van der Waals surface area contributed by atoms with Crippen molar-refractivity contribution in [2.45, 2.75) is 26.7 Å². The molecule has 15 heteroatoms. The van der Waals surface area contributed by atoms with Crippen LogP contribution in [0.1, 0.15) is 45.7 Å². The standard InChI is InChI=1S/C28H31N5O2.C19H22N4.C9H10ClNO2/c1-2-20-9-11-21(12-10-20)28-30-24-7-4-8-25(26(24)31-28)33-15-13-32(14-16-33)17-18-35-23-6-3-5-22(19-23)27(29)34;1-2-14-6-8-15(9-7-14)19-21-16-4-3-5-17(18(16)22-19)23-12-10-20-11-13-23;10-4-5-13-8-3-1-2-7(6-8)9(11)12/h3-12,19H,2,13-18H2,1H3,(H2,29,34)(H,30,31);3-9,20H,2,10-13H2,1H3,(H,21,22);1-3,6H,4-5H2,(H2,11,12). The lowest BCUT2D eigenvalue weighted by atomic mass is 10.1. The number of carbonyl (C=O) groups is 2. The number of para-hydroxylation sites is 2. The van der Waals surface area contributed by atoms with Crippen molar-refractivity contribution < 1.29 is 19.1 Å². The number of amides is 2. The maximum absolute atomic E-state index is 11.3. The minimum Gasteiger partial charge on any atom is -0.492 e. The third-order valence-electron chi connectivity index (χ3n) is 12.7. The number of alkyl halides is 1. The van der Waals surface area contributed by atoms with Gasteiger partial charge in [-0.05, 0) is 84.6 Å². The summed E-state index contributed by atoms with van der Waals surface area (Å²) in [4.78, 5) is 46.2. The van der Waals surface area contributed by atoms with Gasteiger partial charge in [-0.3, -0.25) is 14.5 Å². The number of aryl methyl sites for hydroxylation is 2. The number of nitrogens with zero attached hydrogens (tertiary/aromatic N) is 5. The smallest absolute Gasteiger partial charge is 0.248 e. The number of hydrogen-bond donors (Lipinski definition) is 5. The van der Waals surface area contributed by atoms with E-state index in [9.17, 15) is 9.59 Å². The molecule has 2 aliphatic rings. The SMILES string of the molecule is CCc1ccc(-c2nc3c(N4CCN(CCOc5cccc(C(N)=O)c5)CC4)cccc3[nH]2)cc1.CCc1ccc(-c2nc3c(N4CCNCC4)cccc3[nH]2)cc1.NC(=O)c1cccc(OCCCl)c1. The van der Waals surface area contributed by atoms with E-state index in [0.717, 1.165) is 117 Å². The van der Waals surface area contributed by atoms with Crippen molar-refractivity contribution in [2.75, 3.05) is 87.8 Å². The number of hydrogen-bond acceptors (Lipinski definition) is 10. The average molecular weight is 976 g/mol. The van der Waals surface area contributed by atoms with Crippen LogP contribution in [0.3, 0.4) is 0 Å². The number of aromatic amines is 2. The van der Waals surface area contributed by atoms with Crippen molar-refractivity contribution >= 4 is 56.9 Å². The largest absolute Gasteiger partial charge is 0.492 e. The molecule has 0 unspecified atom stereocenters. The number of H-pyrrole nitrogens is 2. The highest BCUT2D eigenvalue weighted by molar-refractivity contribution is 6.18. The molecule has 0 atom stereocenters. The van der Waals surface area contributed by atoms with Gasteiger partial charge in [-0.1, -0.05) is 86.6 Å². The van der Waals surface area contributed by atoms with Gasteiger partial charge in [0.25, 0.3) is 0 Å². The van der Waals surface area contributed by atoms with Gasteiger partial charge in [-0.15, -0.1) is 11.6 Å². The van der Waals surface area contributed by atoms with Crippen LogP contribution in [0.5, 0.6) is 11.5 Å². The molecule has 7 N–H and O–H groups in total. The first kappa shape index (κ1) is 50.0. The van der Waals surface area contributed by atoms with Gasteiger partial charge in [0.15, 0.2) is 0 Å². The third kappa shape index (κ3) is 13.1. The van der Waals surface area contributed by atoms with E-state index >= 15 is 0 Å². The van der Waals surface area contributed by atoms with Crippen LogP contribution in [0, 0.1) is 0 Å². The first-order chi connectivity index (χ1) is 34.7. The number of piperazine rings is 2. The summed E-state index contributed by atoms with van der Waals surface area (Å²) in [6.45, 7) is 14.1. The van der Waals surface area contributed by atoms with Gasteiger partial charge in [-0.2, -0.15) is 0 Å². The predicted octanol–water partition coefficient (Wildman–Crippen LogP) is 8.70. The quantitative estimate of drug-likeness (QED) is 0.0623. The van der Waals surface area contributed by atoms with Gasteiger partial charge in [0, 0.05) is 81.2 Å². The first-order valence-corrected chi connectivity index (χ1v) is 24.9. The zero-order valence-corrected chi connectivity index (χ0v) is 41.3. The molecular weight excluding hydrogens is 912 g/mol. The average Bonchev–Trinajstić information content (AvgIpc) is 4.07. The third-order valence-corrected chi connectivity index (χ3v) is 12.8. The fraction of sp³-hybridized carbons (Fsp3) is 0.286. The second-order valence-electron chi connectivity index (χ2n) is 17.4. The van der Waals surface area contributed by atoms with Gasteiger partial charge in [0.2, 0.25) is 11.8 Å². The fourth-order valence-electron chi connectivity index (χ4n) is 8.66. The number of benzene rings is 6. The highest BCUT2D eigenvalue weighted by Crippen LogP contribution is 2.31. The molecule has 2 aliphatic heterocycles. The van der Waals surface area contributed by atoms with Crippen LogP contribution in [-0.4, -0.2) is 115 Å². The topological polar surface area (TPSA) is 184 Å². The Balaban J connectivity index is 0.000000160. The Labute approximate surface area is 420 Å². The van der Waals surface area contributed by atoms with Crippen molar-refractivity contribution in [1.29, 1.82) is 0 Å². The molecule has 368 valence electrons. The second kappa shape index (κ2) is 24.4. The van der Waals surface area contributed by atoms with Crippen LogP contribution in [0.2, 0.25) is 0 Å². The number of nitrogens with two attached hydrogens (primary N) is 2. The Bertz CT molecular complexity index is 3000. The fourth-order valence-corrected chi connectivity index (χ4v) is 8.74. The van der Waals surface area contributed by atoms with Gasteiger partial charge in [0.05, 0.1) is 28.3 Å². The molecular formula is C56H63ClN10O4. The number of halogens is 1. The molecule has 0 radical (unpaired) electrons. The summed E-state index contributed by atoms with van der Waals surface area (Å²) < 4.78 is 11.1. The summed E-state index contributed by atoms with van der Waals surface area (Å²) in [6.07, 6.45) is 2.10. The summed E-state index contributed by atoms with van der Waals surface area (Å²) in [5.74, 6) is 2.65. The van der Waals surface area contributed by atoms with E-state index in [-0.39, 0.29) is 0 Å². The molecule has 2 saturated heterocycles. The summed E-state index contributed by atoms with van der Waals surface area (Å²) in [5, 5.41) is 3.40. The predicted molar refractivity (Wildman–Crippen MR) is 287 cm³/mol. The van der Waals surface area contributed by atoms with Crippen molar-refractivity contribution in [3.63, 3.8) is 0 Å². The molecule has 4 heterocycles. The van der Waals surface area contributed by atoms with Crippen LogP contribution < -0.4 is 36.1 Å².